The van der Waals surface area contributed by atoms with Crippen LogP contribution in [0.2, 0.25) is 0 Å². The fourth-order valence-corrected chi connectivity index (χ4v) is 3.81. The van der Waals surface area contributed by atoms with Crippen molar-refractivity contribution in [3.8, 4) is 0 Å². The van der Waals surface area contributed by atoms with Gasteiger partial charge in [0.25, 0.3) is 0 Å². The predicted molar refractivity (Wildman–Crippen MR) is 93.2 cm³/mol. The van der Waals surface area contributed by atoms with E-state index in [4.69, 9.17) is 18.0 Å². The summed E-state index contributed by atoms with van der Waals surface area (Å²) in [6, 6.07) is 6.59. The molecule has 0 heterocycles. The number of anilines is 1. The fourth-order valence-electron chi connectivity index (χ4n) is 2.45. The molecule has 0 spiro atoms. The van der Waals surface area contributed by atoms with Crippen molar-refractivity contribution in [2.75, 3.05) is 11.6 Å². The Labute approximate surface area is 133 Å². The topological polar surface area (TPSA) is 38.0 Å². The van der Waals surface area contributed by atoms with Crippen LogP contribution in [0.5, 0.6) is 0 Å². The van der Waals surface area contributed by atoms with E-state index in [-0.39, 0.29) is 0 Å². The van der Waals surface area contributed by atoms with Crippen LogP contribution in [0, 0.1) is 0 Å². The lowest BCUT2D eigenvalue weighted by Gasteiger charge is -2.29. The van der Waals surface area contributed by atoms with Gasteiger partial charge in [-0.3, -0.25) is 0 Å². The summed E-state index contributed by atoms with van der Waals surface area (Å²) in [7, 11) is 0. The fraction of sp³-hybridized carbons (Fsp3) is 0.500. The molecule has 0 aliphatic heterocycles. The van der Waals surface area contributed by atoms with E-state index in [0.29, 0.717) is 11.0 Å². The molecule has 0 atom stereocenters. The first-order valence-corrected chi connectivity index (χ1v) is 8.97. The molecule has 1 saturated carbocycles. The lowest BCUT2D eigenvalue weighted by molar-refractivity contribution is 0.473. The van der Waals surface area contributed by atoms with Crippen molar-refractivity contribution in [2.24, 2.45) is 5.73 Å². The Morgan fingerprint density at radius 1 is 1.37 bits per heavy atom. The molecule has 0 radical (unpaired) electrons. The molecule has 0 amide bonds. The highest BCUT2D eigenvalue weighted by molar-refractivity contribution is 9.10. The highest BCUT2D eigenvalue weighted by Gasteiger charge is 2.20. The molecule has 0 saturated heterocycles. The van der Waals surface area contributed by atoms with E-state index in [1.165, 1.54) is 25.7 Å². The summed E-state index contributed by atoms with van der Waals surface area (Å²) < 4.78 is 1.03. The highest BCUT2D eigenvalue weighted by atomic mass is 79.9. The lowest BCUT2D eigenvalue weighted by atomic mass is 9.95. The molecule has 5 heteroatoms. The van der Waals surface area contributed by atoms with Gasteiger partial charge in [0.1, 0.15) is 4.99 Å². The standard InChI is InChI=1S/C14H19BrN2S2/c1-19-11-5-3-10(4-6-11)17-13-7-2-9(14(16)18)8-12(13)15/h2,7-8,10-11,17H,3-6H2,1H3,(H2,16,18). The molecule has 1 fully saturated rings. The van der Waals surface area contributed by atoms with Crippen LogP contribution in [0.3, 0.4) is 0 Å². The van der Waals surface area contributed by atoms with Crippen molar-refractivity contribution < 1.29 is 0 Å². The van der Waals surface area contributed by atoms with Crippen molar-refractivity contribution in [2.45, 2.75) is 37.0 Å². The van der Waals surface area contributed by atoms with E-state index < -0.39 is 0 Å². The minimum absolute atomic E-state index is 0.438. The maximum absolute atomic E-state index is 5.64. The molecule has 2 nitrogen and oxygen atoms in total. The first-order valence-electron chi connectivity index (χ1n) is 6.49. The molecule has 1 aromatic carbocycles. The van der Waals surface area contributed by atoms with Crippen LogP contribution in [0.15, 0.2) is 22.7 Å². The van der Waals surface area contributed by atoms with Gasteiger partial charge in [0.2, 0.25) is 0 Å². The summed E-state index contributed by atoms with van der Waals surface area (Å²) in [4.78, 5) is 0.438. The van der Waals surface area contributed by atoms with E-state index in [2.05, 4.69) is 33.6 Å². The molecule has 0 aromatic heterocycles. The molecule has 1 aliphatic rings. The number of halogens is 1. The second kappa shape index (κ2) is 6.95. The average molecular weight is 359 g/mol. The van der Waals surface area contributed by atoms with Crippen LogP contribution in [0.25, 0.3) is 0 Å². The first kappa shape index (κ1) is 15.1. The van der Waals surface area contributed by atoms with Crippen molar-refractivity contribution in [3.05, 3.63) is 28.2 Å². The molecule has 0 bridgehead atoms. The quantitative estimate of drug-likeness (QED) is 0.792. The van der Waals surface area contributed by atoms with Crippen molar-refractivity contribution in [1.29, 1.82) is 0 Å². The zero-order valence-electron chi connectivity index (χ0n) is 11.0. The van der Waals surface area contributed by atoms with Gasteiger partial charge in [-0.2, -0.15) is 11.8 Å². The van der Waals surface area contributed by atoms with Crippen LogP contribution >= 0.6 is 39.9 Å². The van der Waals surface area contributed by atoms with Crippen molar-refractivity contribution in [1.82, 2.24) is 0 Å². The van der Waals surface area contributed by atoms with E-state index >= 15 is 0 Å². The predicted octanol–water partition coefficient (Wildman–Crippen LogP) is 4.17. The molecular formula is C14H19BrN2S2. The van der Waals surface area contributed by atoms with Crippen LogP contribution < -0.4 is 11.1 Å². The summed E-state index contributed by atoms with van der Waals surface area (Å²) in [6.45, 7) is 0. The van der Waals surface area contributed by atoms with Gasteiger partial charge in [0.15, 0.2) is 0 Å². The Balaban J connectivity index is 1.98. The molecule has 0 unspecified atom stereocenters. The largest absolute Gasteiger partial charge is 0.389 e. The van der Waals surface area contributed by atoms with E-state index in [1.807, 2.05) is 23.9 Å². The monoisotopic (exact) mass is 358 g/mol. The summed E-state index contributed by atoms with van der Waals surface area (Å²) >= 11 is 10.6. The molecule has 1 aliphatic carbocycles. The average Bonchev–Trinajstić information content (AvgIpc) is 2.41. The van der Waals surface area contributed by atoms with Crippen LogP contribution in [-0.2, 0) is 0 Å². The van der Waals surface area contributed by atoms with Gasteiger partial charge in [-0.1, -0.05) is 12.2 Å². The summed E-state index contributed by atoms with van der Waals surface area (Å²) in [6.07, 6.45) is 7.32. The smallest absolute Gasteiger partial charge is 0.104 e. The van der Waals surface area contributed by atoms with Crippen molar-refractivity contribution in [3.63, 3.8) is 0 Å². The Kier molecular flexibility index (Phi) is 5.54. The number of benzene rings is 1. The third-order valence-corrected chi connectivity index (χ3v) is 5.65. The second-order valence-corrected chi connectivity index (χ2v) is 7.34. The normalized spacial score (nSPS) is 23.1. The van der Waals surface area contributed by atoms with Gasteiger partial charge < -0.3 is 11.1 Å². The highest BCUT2D eigenvalue weighted by Crippen LogP contribution is 2.31. The molecule has 1 aromatic rings. The zero-order valence-corrected chi connectivity index (χ0v) is 14.2. The lowest BCUT2D eigenvalue weighted by Crippen LogP contribution is -2.27. The molecular weight excluding hydrogens is 340 g/mol. The Morgan fingerprint density at radius 2 is 2.05 bits per heavy atom. The van der Waals surface area contributed by atoms with Crippen molar-refractivity contribution >= 4 is 50.6 Å². The SMILES string of the molecule is CSC1CCC(Nc2ccc(C(N)=S)cc2Br)CC1. The van der Waals surface area contributed by atoms with Gasteiger partial charge in [-0.15, -0.1) is 0 Å². The molecule has 104 valence electrons. The zero-order chi connectivity index (χ0) is 13.8. The number of hydrogen-bond donors (Lipinski definition) is 2. The van der Waals surface area contributed by atoms with Crippen LogP contribution in [-0.4, -0.2) is 22.5 Å². The Bertz CT molecular complexity index is 457. The Hall–Kier alpha value is -0.260. The third kappa shape index (κ3) is 4.10. The van der Waals surface area contributed by atoms with Gasteiger partial charge in [0.05, 0.1) is 0 Å². The van der Waals surface area contributed by atoms with Crippen LogP contribution in [0.4, 0.5) is 5.69 Å². The Morgan fingerprint density at radius 3 is 2.58 bits per heavy atom. The van der Waals surface area contributed by atoms with Gasteiger partial charge in [-0.25, -0.2) is 0 Å². The van der Waals surface area contributed by atoms with Gasteiger partial charge in [-0.05, 0) is 66.1 Å². The second-order valence-electron chi connectivity index (χ2n) is 4.91. The number of rotatable bonds is 4. The minimum atomic E-state index is 0.438. The van der Waals surface area contributed by atoms with Gasteiger partial charge >= 0.3 is 0 Å². The van der Waals surface area contributed by atoms with Crippen LogP contribution in [0.1, 0.15) is 31.2 Å². The summed E-state index contributed by atoms with van der Waals surface area (Å²) in [5, 5.41) is 4.47. The minimum Gasteiger partial charge on any atom is -0.389 e. The molecule has 3 N–H and O–H groups in total. The number of thioether (sulfide) groups is 1. The maximum atomic E-state index is 5.64. The van der Waals surface area contributed by atoms with E-state index in [9.17, 15) is 0 Å². The number of nitrogens with one attached hydrogen (secondary N) is 1. The molecule has 19 heavy (non-hydrogen) atoms. The number of nitrogens with two attached hydrogens (primary N) is 1. The number of hydrogen-bond acceptors (Lipinski definition) is 3. The van der Waals surface area contributed by atoms with E-state index in [1.54, 1.807) is 0 Å². The summed E-state index contributed by atoms with van der Waals surface area (Å²) in [5.74, 6) is 0. The molecule has 2 rings (SSSR count). The van der Waals surface area contributed by atoms with E-state index in [0.717, 1.165) is 21.0 Å². The summed E-state index contributed by atoms with van der Waals surface area (Å²) in [5.41, 5.74) is 7.67. The van der Waals surface area contributed by atoms with Gasteiger partial charge in [0, 0.05) is 27.0 Å². The number of thiocarbonyl (C=S) groups is 1. The maximum Gasteiger partial charge on any atom is 0.104 e. The first-order chi connectivity index (χ1) is 9.10. The third-order valence-electron chi connectivity index (χ3n) is 3.62.